The number of hydrogen-bond donors (Lipinski definition) is 0. The quantitative estimate of drug-likeness (QED) is 0.756. The Morgan fingerprint density at radius 2 is 2.06 bits per heavy atom. The first-order chi connectivity index (χ1) is 7.41. The molecule has 1 aromatic carbocycles. The van der Waals surface area contributed by atoms with Crippen molar-refractivity contribution in [3.8, 4) is 0 Å². The molecule has 0 fully saturated rings. The topological polar surface area (TPSA) is 47.0 Å². The Morgan fingerprint density at radius 1 is 1.38 bits per heavy atom. The molecule has 0 aliphatic carbocycles. The molecule has 0 aliphatic rings. The lowest BCUT2D eigenvalue weighted by Gasteiger charge is -2.04. The second kappa shape index (κ2) is 3.94. The summed E-state index contributed by atoms with van der Waals surface area (Å²) in [7, 11) is -4.85. The van der Waals surface area contributed by atoms with Crippen molar-refractivity contribution in [1.29, 1.82) is 0 Å². The van der Waals surface area contributed by atoms with E-state index in [1.54, 1.807) is 18.2 Å². The molecule has 0 saturated heterocycles. The second-order valence-electron chi connectivity index (χ2n) is 3.01. The van der Waals surface area contributed by atoms with Crippen molar-refractivity contribution < 1.29 is 12.3 Å². The summed E-state index contributed by atoms with van der Waals surface area (Å²) in [5, 5.41) is 0.226. The van der Waals surface area contributed by atoms with Crippen molar-refractivity contribution in [2.24, 2.45) is 0 Å². The van der Waals surface area contributed by atoms with Gasteiger partial charge in [-0.25, -0.2) is 0 Å². The van der Waals surface area contributed by atoms with E-state index in [1.165, 1.54) is 0 Å². The molecule has 0 amide bonds. The molecular formula is C9H4BrClFNO2S. The van der Waals surface area contributed by atoms with Gasteiger partial charge in [0.15, 0.2) is 0 Å². The lowest BCUT2D eigenvalue weighted by molar-refractivity contribution is 0.552. The Bertz CT molecular complexity index is 675. The Hall–Kier alpha value is -0.720. The fourth-order valence-electron chi connectivity index (χ4n) is 1.31. The summed E-state index contributed by atoms with van der Waals surface area (Å²) in [4.78, 5) is 3.25. The van der Waals surface area contributed by atoms with E-state index < -0.39 is 15.1 Å². The molecule has 3 nitrogen and oxygen atoms in total. The summed E-state index contributed by atoms with van der Waals surface area (Å²) in [6.07, 6.45) is 0.908. The van der Waals surface area contributed by atoms with Crippen molar-refractivity contribution in [3.05, 3.63) is 33.9 Å². The number of halogens is 3. The zero-order chi connectivity index (χ0) is 11.9. The smallest absolute Gasteiger partial charge is 0.253 e. The first kappa shape index (κ1) is 11.8. The minimum atomic E-state index is -4.85. The lowest BCUT2D eigenvalue weighted by atomic mass is 10.2. The van der Waals surface area contributed by atoms with Gasteiger partial charge in [-0.05, 0) is 22.0 Å². The van der Waals surface area contributed by atoms with E-state index in [-0.39, 0.29) is 5.02 Å². The van der Waals surface area contributed by atoms with Crippen LogP contribution in [0.2, 0.25) is 5.02 Å². The minimum absolute atomic E-state index is 0.159. The van der Waals surface area contributed by atoms with Gasteiger partial charge in [0.2, 0.25) is 0 Å². The van der Waals surface area contributed by atoms with Gasteiger partial charge in [0.1, 0.15) is 4.90 Å². The Balaban J connectivity index is 2.92. The second-order valence-corrected chi connectivity index (χ2v) is 5.56. The zero-order valence-corrected chi connectivity index (χ0v) is 10.8. The number of para-hydroxylation sites is 1. The summed E-state index contributed by atoms with van der Waals surface area (Å²) < 4.78 is 35.1. The van der Waals surface area contributed by atoms with E-state index in [9.17, 15) is 12.3 Å². The van der Waals surface area contributed by atoms with Crippen LogP contribution < -0.4 is 0 Å². The van der Waals surface area contributed by atoms with Gasteiger partial charge in [-0.3, -0.25) is 4.98 Å². The zero-order valence-electron chi connectivity index (χ0n) is 7.62. The molecule has 0 saturated carbocycles. The summed E-state index contributed by atoms with van der Waals surface area (Å²) in [6.45, 7) is 0. The molecule has 16 heavy (non-hydrogen) atoms. The SMILES string of the molecule is O=S(=O)(F)c1cnc2c(Br)cccc2c1Cl. The summed E-state index contributed by atoms with van der Waals surface area (Å²) >= 11 is 9.06. The molecule has 7 heteroatoms. The third-order valence-corrected chi connectivity index (χ3v) is 4.01. The molecule has 0 bridgehead atoms. The number of pyridine rings is 1. The number of fused-ring (bicyclic) bond motifs is 1. The maximum Gasteiger partial charge on any atom is 0.335 e. The molecule has 2 aromatic rings. The van der Waals surface area contributed by atoms with Crippen molar-refractivity contribution in [2.45, 2.75) is 4.90 Å². The molecule has 84 valence electrons. The van der Waals surface area contributed by atoms with Crippen molar-refractivity contribution >= 4 is 48.7 Å². The number of benzene rings is 1. The predicted octanol–water partition coefficient (Wildman–Crippen LogP) is 3.31. The number of rotatable bonds is 1. The van der Waals surface area contributed by atoms with Crippen LogP contribution in [0.5, 0.6) is 0 Å². The van der Waals surface area contributed by atoms with Gasteiger partial charge < -0.3 is 0 Å². The average Bonchev–Trinajstić information content (AvgIpc) is 2.18. The molecule has 1 heterocycles. The summed E-state index contributed by atoms with van der Waals surface area (Å²) in [5.41, 5.74) is 0.486. The highest BCUT2D eigenvalue weighted by molar-refractivity contribution is 9.10. The van der Waals surface area contributed by atoms with E-state index in [0.717, 1.165) is 6.20 Å². The maximum absolute atomic E-state index is 12.8. The van der Waals surface area contributed by atoms with E-state index >= 15 is 0 Å². The van der Waals surface area contributed by atoms with Gasteiger partial charge in [-0.1, -0.05) is 23.7 Å². The van der Waals surface area contributed by atoms with Crippen molar-refractivity contribution in [2.75, 3.05) is 0 Å². The Labute approximate surface area is 105 Å². The normalized spacial score (nSPS) is 11.9. The van der Waals surface area contributed by atoms with Gasteiger partial charge in [0.25, 0.3) is 0 Å². The highest BCUT2D eigenvalue weighted by Gasteiger charge is 2.19. The van der Waals surface area contributed by atoms with Crippen LogP contribution >= 0.6 is 27.5 Å². The first-order valence-corrected chi connectivity index (χ1v) is 6.64. The third-order valence-electron chi connectivity index (χ3n) is 2.01. The van der Waals surface area contributed by atoms with Crippen LogP contribution in [0, 0.1) is 0 Å². The van der Waals surface area contributed by atoms with Crippen LogP contribution in [0.25, 0.3) is 10.9 Å². The molecular weight excluding hydrogens is 321 g/mol. The van der Waals surface area contributed by atoms with Crippen molar-refractivity contribution in [1.82, 2.24) is 4.98 Å². The van der Waals surface area contributed by atoms with Gasteiger partial charge in [0.05, 0.1) is 16.7 Å². The van der Waals surface area contributed by atoms with Crippen LogP contribution in [0.4, 0.5) is 3.89 Å². The van der Waals surface area contributed by atoms with Crippen molar-refractivity contribution in [3.63, 3.8) is 0 Å². The summed E-state index contributed by atoms with van der Waals surface area (Å²) in [5.74, 6) is 0. The molecule has 0 N–H and O–H groups in total. The van der Waals surface area contributed by atoms with Crippen LogP contribution in [0.1, 0.15) is 0 Å². The van der Waals surface area contributed by atoms with Gasteiger partial charge in [-0.2, -0.15) is 8.42 Å². The third kappa shape index (κ3) is 1.92. The largest absolute Gasteiger partial charge is 0.335 e. The molecule has 0 unspecified atom stereocenters. The van der Waals surface area contributed by atoms with Gasteiger partial charge in [0, 0.05) is 9.86 Å². The van der Waals surface area contributed by atoms with Crippen LogP contribution in [0.15, 0.2) is 33.8 Å². The molecule has 0 spiro atoms. The Kier molecular flexibility index (Phi) is 2.90. The summed E-state index contributed by atoms with van der Waals surface area (Å²) in [6, 6.07) is 4.97. The van der Waals surface area contributed by atoms with E-state index in [4.69, 9.17) is 11.6 Å². The van der Waals surface area contributed by atoms with E-state index in [2.05, 4.69) is 20.9 Å². The van der Waals surface area contributed by atoms with Gasteiger partial charge >= 0.3 is 10.2 Å². The van der Waals surface area contributed by atoms with Crippen LogP contribution in [0.3, 0.4) is 0 Å². The number of hydrogen-bond acceptors (Lipinski definition) is 3. The maximum atomic E-state index is 12.8. The number of nitrogens with zero attached hydrogens (tertiary/aromatic N) is 1. The fourth-order valence-corrected chi connectivity index (χ4v) is 2.76. The van der Waals surface area contributed by atoms with Crippen LogP contribution in [-0.2, 0) is 10.2 Å². The molecule has 0 aliphatic heterocycles. The first-order valence-electron chi connectivity index (χ1n) is 4.08. The molecule has 1 aromatic heterocycles. The van der Waals surface area contributed by atoms with Gasteiger partial charge in [-0.15, -0.1) is 3.89 Å². The molecule has 2 rings (SSSR count). The van der Waals surface area contributed by atoms with E-state index in [1.807, 2.05) is 0 Å². The van der Waals surface area contributed by atoms with Crippen LogP contribution in [-0.4, -0.2) is 13.4 Å². The molecule has 0 radical (unpaired) electrons. The minimum Gasteiger partial charge on any atom is -0.253 e. The van der Waals surface area contributed by atoms with E-state index in [0.29, 0.717) is 15.4 Å². The predicted molar refractivity (Wildman–Crippen MR) is 62.7 cm³/mol. The number of aromatic nitrogens is 1. The lowest BCUT2D eigenvalue weighted by Crippen LogP contribution is -1.95. The highest BCUT2D eigenvalue weighted by Crippen LogP contribution is 2.32. The standard InChI is InChI=1S/C9H4BrClFNO2S/c10-6-3-1-2-5-8(11)7(16(12,14)15)4-13-9(5)6/h1-4H. The Morgan fingerprint density at radius 3 is 2.69 bits per heavy atom. The average molecular weight is 325 g/mol. The highest BCUT2D eigenvalue weighted by atomic mass is 79.9. The monoisotopic (exact) mass is 323 g/mol. The fraction of sp³-hybridized carbons (Fsp3) is 0. The molecule has 0 atom stereocenters.